The van der Waals surface area contributed by atoms with Gasteiger partial charge in [0.1, 0.15) is 12.6 Å². The van der Waals surface area contributed by atoms with Crippen LogP contribution in [-0.4, -0.2) is 41.8 Å². The zero-order valence-electron chi connectivity index (χ0n) is 20.7. The molecule has 3 amide bonds. The normalized spacial score (nSPS) is 13.2. The quantitative estimate of drug-likeness (QED) is 0.431. The van der Waals surface area contributed by atoms with Crippen LogP contribution in [0.5, 0.6) is 0 Å². The van der Waals surface area contributed by atoms with Gasteiger partial charge in [-0.1, -0.05) is 74.4 Å². The Morgan fingerprint density at radius 1 is 1.00 bits per heavy atom. The molecule has 1 aliphatic rings. The maximum atomic E-state index is 13.8. The minimum Gasteiger partial charge on any atom is -0.354 e. The van der Waals surface area contributed by atoms with E-state index in [2.05, 4.69) is 12.2 Å². The second kappa shape index (κ2) is 10.7. The molecule has 182 valence electrons. The van der Waals surface area contributed by atoms with Crippen molar-refractivity contribution in [1.29, 1.82) is 0 Å². The molecule has 1 N–H and O–H groups in total. The lowest BCUT2D eigenvalue weighted by Gasteiger charge is -2.32. The number of benzene rings is 3. The Kier molecular flexibility index (Phi) is 7.49. The molecule has 35 heavy (non-hydrogen) atoms. The van der Waals surface area contributed by atoms with Crippen LogP contribution in [-0.2, 0) is 16.1 Å². The van der Waals surface area contributed by atoms with Crippen molar-refractivity contribution < 1.29 is 14.4 Å². The van der Waals surface area contributed by atoms with Gasteiger partial charge in [0.05, 0.1) is 5.69 Å². The van der Waals surface area contributed by atoms with E-state index in [0.717, 1.165) is 40.4 Å². The maximum Gasteiger partial charge on any atom is 0.259 e. The number of unbranched alkanes of at least 4 members (excludes halogenated alkanes) is 1. The van der Waals surface area contributed by atoms with Gasteiger partial charge < -0.3 is 10.2 Å². The highest BCUT2D eigenvalue weighted by Gasteiger charge is 2.35. The summed E-state index contributed by atoms with van der Waals surface area (Å²) in [5.74, 6) is -0.582. The molecule has 3 aromatic rings. The maximum absolute atomic E-state index is 13.8. The lowest BCUT2D eigenvalue weighted by Crippen LogP contribution is -2.52. The van der Waals surface area contributed by atoms with Crippen molar-refractivity contribution in [3.63, 3.8) is 0 Å². The van der Waals surface area contributed by atoms with Gasteiger partial charge in [-0.2, -0.15) is 0 Å². The van der Waals surface area contributed by atoms with Crippen molar-refractivity contribution in [2.45, 2.75) is 52.6 Å². The van der Waals surface area contributed by atoms with Crippen LogP contribution in [0.2, 0.25) is 0 Å². The third-order valence-corrected chi connectivity index (χ3v) is 6.63. The van der Waals surface area contributed by atoms with E-state index in [1.807, 2.05) is 68.4 Å². The average Bonchev–Trinajstić information content (AvgIpc) is 3.13. The minimum atomic E-state index is -0.614. The number of amides is 3. The Balaban J connectivity index is 1.62. The number of aryl methyl sites for hydroxylation is 1. The average molecular weight is 472 g/mol. The molecule has 0 saturated heterocycles. The Hall–Kier alpha value is -3.67. The van der Waals surface area contributed by atoms with Gasteiger partial charge in [0, 0.05) is 24.0 Å². The van der Waals surface area contributed by atoms with Gasteiger partial charge in [0.2, 0.25) is 11.8 Å². The molecule has 1 heterocycles. The summed E-state index contributed by atoms with van der Waals surface area (Å²) in [5, 5.41) is 4.83. The van der Waals surface area contributed by atoms with Gasteiger partial charge in [-0.3, -0.25) is 19.3 Å². The zero-order valence-corrected chi connectivity index (χ0v) is 20.7. The third-order valence-electron chi connectivity index (χ3n) is 6.63. The molecular weight excluding hydrogens is 438 g/mol. The van der Waals surface area contributed by atoms with Crippen LogP contribution in [0.15, 0.2) is 60.7 Å². The van der Waals surface area contributed by atoms with E-state index in [1.54, 1.807) is 15.9 Å². The largest absolute Gasteiger partial charge is 0.354 e. The fourth-order valence-corrected chi connectivity index (χ4v) is 4.68. The highest BCUT2D eigenvalue weighted by molar-refractivity contribution is 6.26. The summed E-state index contributed by atoms with van der Waals surface area (Å²) in [6.45, 7) is 6.77. The first kappa shape index (κ1) is 24.5. The predicted molar refractivity (Wildman–Crippen MR) is 139 cm³/mol. The van der Waals surface area contributed by atoms with Gasteiger partial charge >= 0.3 is 0 Å². The molecule has 0 aromatic heterocycles. The van der Waals surface area contributed by atoms with E-state index in [1.165, 1.54) is 0 Å². The van der Waals surface area contributed by atoms with Crippen molar-refractivity contribution in [3.8, 4) is 0 Å². The van der Waals surface area contributed by atoms with Crippen LogP contribution in [0.4, 0.5) is 5.69 Å². The first-order chi connectivity index (χ1) is 16.9. The molecule has 6 heteroatoms. The van der Waals surface area contributed by atoms with Crippen molar-refractivity contribution in [2.75, 3.05) is 18.0 Å². The van der Waals surface area contributed by atoms with E-state index in [4.69, 9.17) is 0 Å². The summed E-state index contributed by atoms with van der Waals surface area (Å²) in [6, 6.07) is 18.7. The van der Waals surface area contributed by atoms with Crippen LogP contribution in [0.1, 0.15) is 54.6 Å². The first-order valence-electron chi connectivity index (χ1n) is 12.4. The fraction of sp³-hybridized carbons (Fsp3) is 0.345. The smallest absolute Gasteiger partial charge is 0.259 e. The van der Waals surface area contributed by atoms with Crippen molar-refractivity contribution in [1.82, 2.24) is 10.2 Å². The molecule has 1 atom stereocenters. The molecule has 0 spiro atoms. The molecule has 0 saturated carbocycles. The third kappa shape index (κ3) is 5.06. The molecular formula is C29H33N3O3. The van der Waals surface area contributed by atoms with E-state index in [-0.39, 0.29) is 24.3 Å². The van der Waals surface area contributed by atoms with Gasteiger partial charge in [-0.15, -0.1) is 0 Å². The Morgan fingerprint density at radius 2 is 1.71 bits per heavy atom. The number of nitrogens with one attached hydrogen (secondary N) is 1. The Bertz CT molecular complexity index is 1230. The van der Waals surface area contributed by atoms with E-state index >= 15 is 0 Å². The SMILES string of the molecule is CCCCNC(=O)C(CC)N(Cc1ccc(C)cc1)C(=O)CN1C(=O)c2cccc3cccc1c23. The predicted octanol–water partition coefficient (Wildman–Crippen LogP) is 4.83. The van der Waals surface area contributed by atoms with Crippen molar-refractivity contribution in [3.05, 3.63) is 77.4 Å². The molecule has 0 bridgehead atoms. The number of anilines is 1. The zero-order chi connectivity index (χ0) is 24.9. The highest BCUT2D eigenvalue weighted by Crippen LogP contribution is 2.37. The summed E-state index contributed by atoms with van der Waals surface area (Å²) in [7, 11) is 0. The molecule has 0 aliphatic carbocycles. The van der Waals surface area contributed by atoms with Crippen LogP contribution in [0.3, 0.4) is 0 Å². The second-order valence-electron chi connectivity index (χ2n) is 9.15. The van der Waals surface area contributed by atoms with Crippen LogP contribution in [0.25, 0.3) is 10.8 Å². The van der Waals surface area contributed by atoms with E-state index in [0.29, 0.717) is 25.1 Å². The highest BCUT2D eigenvalue weighted by atomic mass is 16.2. The molecule has 6 nitrogen and oxygen atoms in total. The van der Waals surface area contributed by atoms with Crippen molar-refractivity contribution in [2.24, 2.45) is 0 Å². The summed E-state index contributed by atoms with van der Waals surface area (Å²) in [4.78, 5) is 43.3. The summed E-state index contributed by atoms with van der Waals surface area (Å²) in [6.07, 6.45) is 2.35. The monoisotopic (exact) mass is 471 g/mol. The molecule has 0 fully saturated rings. The summed E-state index contributed by atoms with van der Waals surface area (Å²) < 4.78 is 0. The number of carbonyl (C=O) groups excluding carboxylic acids is 3. The van der Waals surface area contributed by atoms with Crippen LogP contribution in [0, 0.1) is 6.92 Å². The molecule has 1 unspecified atom stereocenters. The van der Waals surface area contributed by atoms with Gasteiger partial charge in [-0.05, 0) is 42.8 Å². The Labute approximate surface area is 206 Å². The summed E-state index contributed by atoms with van der Waals surface area (Å²) >= 11 is 0. The number of nitrogens with zero attached hydrogens (tertiary/aromatic N) is 2. The summed E-state index contributed by atoms with van der Waals surface area (Å²) in [5.41, 5.74) is 3.43. The van der Waals surface area contributed by atoms with Crippen LogP contribution < -0.4 is 10.2 Å². The molecule has 0 radical (unpaired) electrons. The fourth-order valence-electron chi connectivity index (χ4n) is 4.68. The number of hydrogen-bond acceptors (Lipinski definition) is 3. The van der Waals surface area contributed by atoms with E-state index in [9.17, 15) is 14.4 Å². The number of carbonyl (C=O) groups is 3. The number of hydrogen-bond donors (Lipinski definition) is 1. The lowest BCUT2D eigenvalue weighted by atomic mass is 10.1. The molecule has 4 rings (SSSR count). The van der Waals surface area contributed by atoms with Gasteiger partial charge in [-0.25, -0.2) is 0 Å². The first-order valence-corrected chi connectivity index (χ1v) is 12.4. The number of rotatable bonds is 10. The van der Waals surface area contributed by atoms with Crippen molar-refractivity contribution >= 4 is 34.2 Å². The molecule has 3 aromatic carbocycles. The van der Waals surface area contributed by atoms with Gasteiger partial charge in [0.15, 0.2) is 0 Å². The van der Waals surface area contributed by atoms with Crippen LogP contribution >= 0.6 is 0 Å². The molecule has 1 aliphatic heterocycles. The minimum absolute atomic E-state index is 0.114. The standard InChI is InChI=1S/C29H33N3O3/c1-4-6-17-30-28(34)24(5-2)31(18-21-15-13-20(3)14-16-21)26(33)19-32-25-12-8-10-22-9-7-11-23(27(22)25)29(32)35/h7-16,24H,4-6,17-19H2,1-3H3,(H,30,34). The van der Waals surface area contributed by atoms with E-state index < -0.39 is 6.04 Å². The second-order valence-corrected chi connectivity index (χ2v) is 9.15. The Morgan fingerprint density at radius 3 is 2.40 bits per heavy atom. The van der Waals surface area contributed by atoms with Gasteiger partial charge in [0.25, 0.3) is 5.91 Å². The topological polar surface area (TPSA) is 69.7 Å². The lowest BCUT2D eigenvalue weighted by molar-refractivity contribution is -0.140.